The molecule has 0 spiro atoms. The standard InChI is InChI=1S/C48H95NO11S/c1-3-5-7-9-11-13-15-17-18-19-20-21-22-23-24-25-26-28-30-32-34-36-38-44(52)49-41(42(51)37-35-33-31-29-27-16-14-12-10-8-6-4-2)40-58-48-46(54)47(60-61(55,56)57)45(53)43(39-50)59-48/h41-43,45-48,50-51,53-54H,3-40H2,1-2H3,(H,49,52)(H,55,56,57). The summed E-state index contributed by atoms with van der Waals surface area (Å²) in [5.41, 5.74) is 0. The molecule has 1 aliphatic heterocycles. The molecular formula is C48H95NO11S. The summed E-state index contributed by atoms with van der Waals surface area (Å²) < 4.78 is 47.7. The number of rotatable bonds is 44. The first-order valence-corrected chi connectivity index (χ1v) is 26.8. The van der Waals surface area contributed by atoms with E-state index >= 15 is 0 Å². The van der Waals surface area contributed by atoms with Gasteiger partial charge in [0.2, 0.25) is 5.91 Å². The Labute approximate surface area is 373 Å². The predicted octanol–water partition coefficient (Wildman–Crippen LogP) is 10.6. The molecule has 0 aliphatic carbocycles. The number of carbonyl (C=O) groups excluding carboxylic acids is 1. The molecule has 1 saturated heterocycles. The van der Waals surface area contributed by atoms with E-state index in [1.165, 1.54) is 167 Å². The fraction of sp³-hybridized carbons (Fsp3) is 0.979. The van der Waals surface area contributed by atoms with Gasteiger partial charge >= 0.3 is 10.4 Å². The summed E-state index contributed by atoms with van der Waals surface area (Å²) in [5, 5.41) is 44.9. The van der Waals surface area contributed by atoms with E-state index in [9.17, 15) is 38.2 Å². The van der Waals surface area contributed by atoms with E-state index in [1.54, 1.807) is 0 Å². The van der Waals surface area contributed by atoms with Crippen LogP contribution in [0.5, 0.6) is 0 Å². The number of amides is 1. The van der Waals surface area contributed by atoms with Gasteiger partial charge in [-0.1, -0.05) is 226 Å². The van der Waals surface area contributed by atoms with Gasteiger partial charge in [-0.25, -0.2) is 4.18 Å². The van der Waals surface area contributed by atoms with E-state index in [4.69, 9.17) is 9.47 Å². The fourth-order valence-corrected chi connectivity index (χ4v) is 8.97. The van der Waals surface area contributed by atoms with Crippen molar-refractivity contribution in [3.05, 3.63) is 0 Å². The smallest absolute Gasteiger partial charge is 0.394 e. The maximum Gasteiger partial charge on any atom is 0.397 e. The summed E-state index contributed by atoms with van der Waals surface area (Å²) in [6, 6.07) is -0.851. The number of aliphatic hydroxyl groups excluding tert-OH is 4. The zero-order valence-corrected chi connectivity index (χ0v) is 39.8. The van der Waals surface area contributed by atoms with Crippen LogP contribution in [0.15, 0.2) is 0 Å². The second kappa shape index (κ2) is 39.5. The highest BCUT2D eigenvalue weighted by molar-refractivity contribution is 7.80. The Morgan fingerprint density at radius 3 is 1.31 bits per heavy atom. The van der Waals surface area contributed by atoms with E-state index in [-0.39, 0.29) is 12.5 Å². The lowest BCUT2D eigenvalue weighted by atomic mass is 9.99. The Morgan fingerprint density at radius 1 is 0.590 bits per heavy atom. The molecular weight excluding hydrogens is 799 g/mol. The van der Waals surface area contributed by atoms with Gasteiger partial charge < -0.3 is 35.2 Å². The second-order valence-corrected chi connectivity index (χ2v) is 19.2. The Hall–Kier alpha value is -0.900. The Balaban J connectivity index is 2.37. The van der Waals surface area contributed by atoms with Crippen molar-refractivity contribution >= 4 is 16.3 Å². The average Bonchev–Trinajstić information content (AvgIpc) is 3.23. The van der Waals surface area contributed by atoms with Gasteiger partial charge in [-0.05, 0) is 12.8 Å². The van der Waals surface area contributed by atoms with Crippen LogP contribution in [0.2, 0.25) is 0 Å². The quantitative estimate of drug-likeness (QED) is 0.0252. The minimum absolute atomic E-state index is 0.225. The maximum atomic E-state index is 13.1. The third kappa shape index (κ3) is 32.4. The molecule has 0 bridgehead atoms. The van der Waals surface area contributed by atoms with E-state index in [2.05, 4.69) is 23.3 Å². The van der Waals surface area contributed by atoms with Gasteiger partial charge in [-0.3, -0.25) is 9.35 Å². The molecule has 0 aromatic carbocycles. The van der Waals surface area contributed by atoms with Crippen LogP contribution in [0.25, 0.3) is 0 Å². The summed E-state index contributed by atoms with van der Waals surface area (Å²) in [4.78, 5) is 13.1. The molecule has 1 heterocycles. The SMILES string of the molecule is CCCCCCCCCCCCCCCCCCCCCCCCC(=O)NC(COC1OC(CO)C(O)C(OS(=O)(=O)O)C1O)C(O)CCCCCCCCCCCCCC. The third-order valence-corrected chi connectivity index (χ3v) is 12.9. The number of hydrogen-bond acceptors (Lipinski definition) is 10. The molecule has 61 heavy (non-hydrogen) atoms. The van der Waals surface area contributed by atoms with Crippen molar-refractivity contribution in [2.45, 2.75) is 288 Å². The number of unbranched alkanes of at least 4 members (excludes halogenated alkanes) is 32. The molecule has 6 N–H and O–H groups in total. The molecule has 7 unspecified atom stereocenters. The largest absolute Gasteiger partial charge is 0.397 e. The number of ether oxygens (including phenoxy) is 2. The van der Waals surface area contributed by atoms with Crippen LogP contribution in [-0.2, 0) is 28.9 Å². The summed E-state index contributed by atoms with van der Waals surface area (Å²) >= 11 is 0. The van der Waals surface area contributed by atoms with Gasteiger partial charge in [0, 0.05) is 6.42 Å². The molecule has 0 radical (unpaired) electrons. The molecule has 12 nitrogen and oxygen atoms in total. The highest BCUT2D eigenvalue weighted by atomic mass is 32.3. The van der Waals surface area contributed by atoms with Gasteiger partial charge in [0.25, 0.3) is 0 Å². The lowest BCUT2D eigenvalue weighted by Gasteiger charge is -2.41. The first-order valence-electron chi connectivity index (χ1n) is 25.4. The van der Waals surface area contributed by atoms with Crippen LogP contribution in [-0.4, -0.2) is 95.4 Å². The topological polar surface area (TPSA) is 192 Å². The first-order chi connectivity index (χ1) is 29.5. The normalized spacial score (nSPS) is 20.5. The predicted molar refractivity (Wildman–Crippen MR) is 246 cm³/mol. The first kappa shape index (κ1) is 58.1. The minimum Gasteiger partial charge on any atom is -0.394 e. The molecule has 1 amide bonds. The van der Waals surface area contributed by atoms with E-state index < -0.39 is 59.9 Å². The zero-order chi connectivity index (χ0) is 44.8. The number of nitrogens with one attached hydrogen (secondary N) is 1. The van der Waals surface area contributed by atoms with Crippen molar-refractivity contribution in [1.29, 1.82) is 0 Å². The molecule has 1 aliphatic rings. The monoisotopic (exact) mass is 894 g/mol. The summed E-state index contributed by atoms with van der Waals surface area (Å²) in [7, 11) is -5.07. The van der Waals surface area contributed by atoms with Crippen LogP contribution in [0.3, 0.4) is 0 Å². The second-order valence-electron chi connectivity index (χ2n) is 18.1. The van der Waals surface area contributed by atoms with Gasteiger partial charge in [0.1, 0.15) is 24.4 Å². The Bertz CT molecular complexity index is 1100. The van der Waals surface area contributed by atoms with Crippen molar-refractivity contribution in [2.24, 2.45) is 0 Å². The van der Waals surface area contributed by atoms with E-state index in [1.807, 2.05) is 0 Å². The minimum atomic E-state index is -5.07. The van der Waals surface area contributed by atoms with Crippen molar-refractivity contribution in [3.8, 4) is 0 Å². The molecule has 13 heteroatoms. The number of aliphatic hydroxyl groups is 4. The highest BCUT2D eigenvalue weighted by Gasteiger charge is 2.48. The van der Waals surface area contributed by atoms with Gasteiger partial charge in [0.05, 0.1) is 25.4 Å². The summed E-state index contributed by atoms with van der Waals surface area (Å²) in [6.45, 7) is 3.46. The van der Waals surface area contributed by atoms with Crippen molar-refractivity contribution in [2.75, 3.05) is 13.2 Å². The molecule has 1 rings (SSSR count). The van der Waals surface area contributed by atoms with Crippen molar-refractivity contribution in [3.63, 3.8) is 0 Å². The highest BCUT2D eigenvalue weighted by Crippen LogP contribution is 2.26. The van der Waals surface area contributed by atoms with Crippen molar-refractivity contribution < 1.29 is 51.8 Å². The van der Waals surface area contributed by atoms with E-state index in [0.29, 0.717) is 12.8 Å². The molecule has 7 atom stereocenters. The average molecular weight is 894 g/mol. The lowest BCUT2D eigenvalue weighted by Crippen LogP contribution is -2.61. The summed E-state index contributed by atoms with van der Waals surface area (Å²) in [6.07, 6.45) is 34.0. The number of hydrogen-bond donors (Lipinski definition) is 6. The van der Waals surface area contributed by atoms with Crippen LogP contribution >= 0.6 is 0 Å². The molecule has 364 valence electrons. The fourth-order valence-electron chi connectivity index (χ4n) is 8.46. The molecule has 1 fully saturated rings. The Kier molecular flexibility index (Phi) is 37.6. The van der Waals surface area contributed by atoms with Gasteiger partial charge in [-0.15, -0.1) is 0 Å². The third-order valence-electron chi connectivity index (χ3n) is 12.4. The van der Waals surface area contributed by atoms with Crippen LogP contribution in [0, 0.1) is 0 Å². The Morgan fingerprint density at radius 2 is 0.951 bits per heavy atom. The van der Waals surface area contributed by atoms with Gasteiger partial charge in [-0.2, -0.15) is 8.42 Å². The van der Waals surface area contributed by atoms with Crippen LogP contribution in [0.4, 0.5) is 0 Å². The van der Waals surface area contributed by atoms with Crippen molar-refractivity contribution in [1.82, 2.24) is 5.32 Å². The molecule has 0 aromatic heterocycles. The van der Waals surface area contributed by atoms with Crippen LogP contribution in [0.1, 0.15) is 245 Å². The van der Waals surface area contributed by atoms with Gasteiger partial charge in [0.15, 0.2) is 6.29 Å². The van der Waals surface area contributed by atoms with E-state index in [0.717, 1.165) is 51.4 Å². The molecule has 0 saturated carbocycles. The lowest BCUT2D eigenvalue weighted by molar-refractivity contribution is -0.298. The molecule has 0 aromatic rings. The van der Waals surface area contributed by atoms with Crippen LogP contribution < -0.4 is 5.32 Å². The summed E-state index contributed by atoms with van der Waals surface area (Å²) in [5.74, 6) is -0.225. The maximum absolute atomic E-state index is 13.1. The zero-order valence-electron chi connectivity index (χ0n) is 39.0. The number of carbonyl (C=O) groups is 1.